The third kappa shape index (κ3) is 1.61. The number of hydrogen-bond donors (Lipinski definition) is 1. The molecule has 1 heterocycles. The Hall–Kier alpha value is -0.830. The van der Waals surface area contributed by atoms with Crippen molar-refractivity contribution < 1.29 is 4.42 Å². The van der Waals surface area contributed by atoms with Crippen LogP contribution in [0.3, 0.4) is 0 Å². The van der Waals surface area contributed by atoms with Gasteiger partial charge in [-0.2, -0.15) is 0 Å². The summed E-state index contributed by atoms with van der Waals surface area (Å²) in [7, 11) is 0. The van der Waals surface area contributed by atoms with Crippen LogP contribution in [0.15, 0.2) is 4.42 Å². The first kappa shape index (κ1) is 8.75. The van der Waals surface area contributed by atoms with Crippen molar-refractivity contribution in [3.05, 3.63) is 17.3 Å². The number of hydrogen-bond acceptors (Lipinski definition) is 3. The fourth-order valence-electron chi connectivity index (χ4n) is 1.64. The quantitative estimate of drug-likeness (QED) is 0.771. The van der Waals surface area contributed by atoms with Crippen molar-refractivity contribution >= 4 is 0 Å². The number of nitrogens with two attached hydrogens (primary N) is 1. The van der Waals surface area contributed by atoms with E-state index in [0.29, 0.717) is 12.5 Å². The normalized spacial score (nSPS) is 17.4. The molecule has 0 amide bonds. The number of nitrogens with zero attached hydrogens (tertiary/aromatic N) is 1. The zero-order valence-corrected chi connectivity index (χ0v) is 8.05. The van der Waals surface area contributed by atoms with E-state index >= 15 is 0 Å². The van der Waals surface area contributed by atoms with E-state index < -0.39 is 0 Å². The molecule has 0 radical (unpaired) electrons. The third-order valence-corrected chi connectivity index (χ3v) is 2.74. The lowest BCUT2D eigenvalue weighted by molar-refractivity contribution is 0.325. The SMILES string of the molecule is Cc1nc(C2CCC2)oc1CCN. The van der Waals surface area contributed by atoms with Gasteiger partial charge in [-0.15, -0.1) is 0 Å². The van der Waals surface area contributed by atoms with Gasteiger partial charge in [-0.3, -0.25) is 0 Å². The van der Waals surface area contributed by atoms with E-state index in [1.165, 1.54) is 19.3 Å². The van der Waals surface area contributed by atoms with E-state index in [1.54, 1.807) is 0 Å². The highest BCUT2D eigenvalue weighted by Gasteiger charge is 2.25. The first-order valence-corrected chi connectivity index (χ1v) is 4.97. The van der Waals surface area contributed by atoms with Gasteiger partial charge in [-0.1, -0.05) is 6.42 Å². The molecular formula is C10H16N2O. The summed E-state index contributed by atoms with van der Waals surface area (Å²) in [6.07, 6.45) is 4.61. The van der Waals surface area contributed by atoms with Crippen molar-refractivity contribution in [1.29, 1.82) is 0 Å². The Kier molecular flexibility index (Phi) is 2.36. The van der Waals surface area contributed by atoms with Gasteiger partial charge in [-0.25, -0.2) is 4.98 Å². The van der Waals surface area contributed by atoms with Gasteiger partial charge in [0.2, 0.25) is 0 Å². The molecule has 0 aromatic carbocycles. The Morgan fingerprint density at radius 1 is 1.54 bits per heavy atom. The number of rotatable bonds is 3. The topological polar surface area (TPSA) is 52.0 Å². The Balaban J connectivity index is 2.14. The zero-order valence-electron chi connectivity index (χ0n) is 8.05. The second-order valence-electron chi connectivity index (χ2n) is 3.73. The molecule has 2 N–H and O–H groups in total. The van der Waals surface area contributed by atoms with Crippen molar-refractivity contribution in [2.75, 3.05) is 6.54 Å². The van der Waals surface area contributed by atoms with Crippen LogP contribution in [-0.4, -0.2) is 11.5 Å². The molecule has 0 aliphatic heterocycles. The highest BCUT2D eigenvalue weighted by Crippen LogP contribution is 2.36. The highest BCUT2D eigenvalue weighted by molar-refractivity contribution is 5.11. The Morgan fingerprint density at radius 3 is 2.85 bits per heavy atom. The van der Waals surface area contributed by atoms with Gasteiger partial charge >= 0.3 is 0 Å². The molecule has 1 aliphatic carbocycles. The predicted molar refractivity (Wildman–Crippen MR) is 50.6 cm³/mol. The molecule has 72 valence electrons. The van der Waals surface area contributed by atoms with Gasteiger partial charge in [0, 0.05) is 12.3 Å². The van der Waals surface area contributed by atoms with Crippen LogP contribution < -0.4 is 5.73 Å². The van der Waals surface area contributed by atoms with E-state index in [4.69, 9.17) is 10.2 Å². The summed E-state index contributed by atoms with van der Waals surface area (Å²) in [6, 6.07) is 0. The van der Waals surface area contributed by atoms with Crippen LogP contribution >= 0.6 is 0 Å². The maximum atomic E-state index is 5.67. The van der Waals surface area contributed by atoms with E-state index in [1.807, 2.05) is 6.92 Å². The zero-order chi connectivity index (χ0) is 9.26. The Morgan fingerprint density at radius 2 is 2.31 bits per heavy atom. The summed E-state index contributed by atoms with van der Waals surface area (Å²) in [5.41, 5.74) is 6.49. The highest BCUT2D eigenvalue weighted by atomic mass is 16.4. The van der Waals surface area contributed by atoms with E-state index in [-0.39, 0.29) is 0 Å². The van der Waals surface area contributed by atoms with Crippen molar-refractivity contribution in [1.82, 2.24) is 4.98 Å². The summed E-state index contributed by atoms with van der Waals surface area (Å²) < 4.78 is 5.67. The minimum Gasteiger partial charge on any atom is -0.445 e. The van der Waals surface area contributed by atoms with Crippen molar-refractivity contribution in [2.24, 2.45) is 5.73 Å². The van der Waals surface area contributed by atoms with Crippen molar-refractivity contribution in [3.63, 3.8) is 0 Å². The molecule has 3 heteroatoms. The number of aryl methyl sites for hydroxylation is 1. The Labute approximate surface area is 78.3 Å². The van der Waals surface area contributed by atoms with Crippen LogP contribution in [0.2, 0.25) is 0 Å². The molecular weight excluding hydrogens is 164 g/mol. The van der Waals surface area contributed by atoms with Gasteiger partial charge in [0.05, 0.1) is 5.69 Å². The minimum atomic E-state index is 0.588. The lowest BCUT2D eigenvalue weighted by Gasteiger charge is -2.21. The van der Waals surface area contributed by atoms with E-state index in [9.17, 15) is 0 Å². The number of oxazole rings is 1. The average Bonchev–Trinajstić information content (AvgIpc) is 2.30. The monoisotopic (exact) mass is 180 g/mol. The fraction of sp³-hybridized carbons (Fsp3) is 0.700. The maximum Gasteiger partial charge on any atom is 0.197 e. The molecule has 3 nitrogen and oxygen atoms in total. The van der Waals surface area contributed by atoms with Crippen molar-refractivity contribution in [2.45, 2.75) is 38.5 Å². The van der Waals surface area contributed by atoms with Crippen molar-refractivity contribution in [3.8, 4) is 0 Å². The third-order valence-electron chi connectivity index (χ3n) is 2.74. The smallest absolute Gasteiger partial charge is 0.197 e. The van der Waals surface area contributed by atoms with Crippen LogP contribution in [0, 0.1) is 6.92 Å². The van der Waals surface area contributed by atoms with Gasteiger partial charge in [0.25, 0.3) is 0 Å². The molecule has 0 spiro atoms. The molecule has 0 bridgehead atoms. The predicted octanol–water partition coefficient (Wildman–Crippen LogP) is 1.75. The minimum absolute atomic E-state index is 0.588. The summed E-state index contributed by atoms with van der Waals surface area (Å²) >= 11 is 0. The van der Waals surface area contributed by atoms with E-state index in [2.05, 4.69) is 4.98 Å². The van der Waals surface area contributed by atoms with Crippen LogP contribution in [0.5, 0.6) is 0 Å². The van der Waals surface area contributed by atoms with Crippen LogP contribution in [0.4, 0.5) is 0 Å². The summed E-state index contributed by atoms with van der Waals surface area (Å²) in [5.74, 6) is 2.50. The molecule has 1 aromatic rings. The van der Waals surface area contributed by atoms with E-state index in [0.717, 1.165) is 23.8 Å². The Bertz CT molecular complexity index is 289. The fourth-order valence-corrected chi connectivity index (χ4v) is 1.64. The molecule has 13 heavy (non-hydrogen) atoms. The molecule has 2 rings (SSSR count). The lowest BCUT2D eigenvalue weighted by atomic mass is 9.85. The lowest BCUT2D eigenvalue weighted by Crippen LogP contribution is -2.08. The molecule has 1 fully saturated rings. The average molecular weight is 180 g/mol. The molecule has 1 aliphatic rings. The summed E-state index contributed by atoms with van der Waals surface area (Å²) in [5, 5.41) is 0. The van der Waals surface area contributed by atoms with Gasteiger partial charge in [0.15, 0.2) is 5.89 Å². The van der Waals surface area contributed by atoms with Crippen LogP contribution in [-0.2, 0) is 6.42 Å². The summed E-state index contributed by atoms with van der Waals surface area (Å²) in [4.78, 5) is 4.43. The number of aromatic nitrogens is 1. The summed E-state index contributed by atoms with van der Waals surface area (Å²) in [6.45, 7) is 2.64. The molecule has 0 atom stereocenters. The first-order chi connectivity index (χ1) is 6.31. The van der Waals surface area contributed by atoms with Gasteiger partial charge in [-0.05, 0) is 26.3 Å². The van der Waals surface area contributed by atoms with Crippen LogP contribution in [0.25, 0.3) is 0 Å². The van der Waals surface area contributed by atoms with Gasteiger partial charge in [0.1, 0.15) is 5.76 Å². The molecule has 1 aromatic heterocycles. The molecule has 0 unspecified atom stereocenters. The second-order valence-corrected chi connectivity index (χ2v) is 3.73. The van der Waals surface area contributed by atoms with Crippen LogP contribution in [0.1, 0.15) is 42.5 Å². The molecule has 0 saturated heterocycles. The first-order valence-electron chi connectivity index (χ1n) is 4.97. The maximum absolute atomic E-state index is 5.67. The largest absolute Gasteiger partial charge is 0.445 e. The second kappa shape index (κ2) is 3.50. The standard InChI is InChI=1S/C10H16N2O/c1-7-9(5-6-11)13-10(12-7)8-3-2-4-8/h8H,2-6,11H2,1H3. The molecule has 1 saturated carbocycles. The van der Waals surface area contributed by atoms with Gasteiger partial charge < -0.3 is 10.2 Å².